The molecular weight excluding hydrogens is 270 g/mol. The maximum absolute atomic E-state index is 11.1. The molecule has 0 radical (unpaired) electrons. The Bertz CT molecular complexity index is 638. The molecule has 0 spiro atoms. The van der Waals surface area contributed by atoms with Crippen molar-refractivity contribution < 1.29 is 19.4 Å². The lowest BCUT2D eigenvalue weighted by Gasteiger charge is -2.27. The van der Waals surface area contributed by atoms with Gasteiger partial charge in [-0.25, -0.2) is 4.79 Å². The van der Waals surface area contributed by atoms with Crippen molar-refractivity contribution in [3.8, 4) is 11.5 Å². The van der Waals surface area contributed by atoms with Gasteiger partial charge < -0.3 is 14.6 Å². The summed E-state index contributed by atoms with van der Waals surface area (Å²) >= 11 is 0. The smallest absolute Gasteiger partial charge is 0.335 e. The van der Waals surface area contributed by atoms with E-state index in [2.05, 4.69) is 4.98 Å². The van der Waals surface area contributed by atoms with Crippen molar-refractivity contribution in [2.45, 2.75) is 19.4 Å². The molecule has 1 N–H and O–H groups in total. The first kappa shape index (κ1) is 14.8. The Balaban J connectivity index is 2.37. The van der Waals surface area contributed by atoms with Crippen LogP contribution < -0.4 is 9.47 Å². The molecule has 2 aromatic rings. The first-order valence-electron chi connectivity index (χ1n) is 6.45. The highest BCUT2D eigenvalue weighted by atomic mass is 16.5. The van der Waals surface area contributed by atoms with Crippen LogP contribution in [0, 0.1) is 0 Å². The SMILES string of the molecule is COc1ccc(C(=O)O)cc1OC(C)(C)c1ccncc1. The maximum Gasteiger partial charge on any atom is 0.335 e. The number of nitrogens with zero attached hydrogens (tertiary/aromatic N) is 1. The normalized spacial score (nSPS) is 11.0. The predicted octanol–water partition coefficient (Wildman–Crippen LogP) is 3.10. The molecule has 0 amide bonds. The van der Waals surface area contributed by atoms with Gasteiger partial charge in [0.05, 0.1) is 12.7 Å². The summed E-state index contributed by atoms with van der Waals surface area (Å²) in [5, 5.41) is 9.08. The van der Waals surface area contributed by atoms with Gasteiger partial charge in [-0.05, 0) is 49.7 Å². The standard InChI is InChI=1S/C16H17NO4/c1-16(2,12-6-8-17-9-7-12)21-14-10-11(15(18)19)4-5-13(14)20-3/h4-10H,1-3H3,(H,18,19). The van der Waals surface area contributed by atoms with Crippen LogP contribution in [0.2, 0.25) is 0 Å². The topological polar surface area (TPSA) is 68.7 Å². The first-order valence-corrected chi connectivity index (χ1v) is 6.45. The molecule has 1 aromatic heterocycles. The minimum Gasteiger partial charge on any atom is -0.493 e. The lowest BCUT2D eigenvalue weighted by molar-refractivity contribution is 0.0693. The number of rotatable bonds is 5. The zero-order valence-electron chi connectivity index (χ0n) is 12.2. The number of aromatic carboxylic acids is 1. The molecule has 0 saturated carbocycles. The monoisotopic (exact) mass is 287 g/mol. The van der Waals surface area contributed by atoms with E-state index in [9.17, 15) is 4.79 Å². The van der Waals surface area contributed by atoms with E-state index in [1.165, 1.54) is 19.2 Å². The highest BCUT2D eigenvalue weighted by Crippen LogP contribution is 2.34. The number of carboxylic acids is 1. The van der Waals surface area contributed by atoms with Gasteiger partial charge in [-0.15, -0.1) is 0 Å². The van der Waals surface area contributed by atoms with Gasteiger partial charge in [-0.2, -0.15) is 0 Å². The molecule has 1 aromatic carbocycles. The molecule has 0 aliphatic carbocycles. The van der Waals surface area contributed by atoms with E-state index in [1.54, 1.807) is 18.5 Å². The summed E-state index contributed by atoms with van der Waals surface area (Å²) in [6, 6.07) is 8.24. The third-order valence-corrected chi connectivity index (χ3v) is 3.15. The molecule has 21 heavy (non-hydrogen) atoms. The van der Waals surface area contributed by atoms with Gasteiger partial charge in [0.2, 0.25) is 0 Å². The minimum absolute atomic E-state index is 0.149. The Morgan fingerprint density at radius 1 is 1.14 bits per heavy atom. The second-order valence-corrected chi connectivity index (χ2v) is 5.02. The number of hydrogen-bond donors (Lipinski definition) is 1. The Morgan fingerprint density at radius 3 is 2.38 bits per heavy atom. The summed E-state index contributed by atoms with van der Waals surface area (Å²) in [4.78, 5) is 15.1. The van der Waals surface area contributed by atoms with Gasteiger partial charge in [0, 0.05) is 12.4 Å². The summed E-state index contributed by atoms with van der Waals surface area (Å²) in [6.45, 7) is 3.80. The van der Waals surface area contributed by atoms with E-state index in [4.69, 9.17) is 14.6 Å². The Kier molecular flexibility index (Phi) is 4.12. The summed E-state index contributed by atoms with van der Waals surface area (Å²) in [6.07, 6.45) is 3.37. The molecule has 0 aliphatic heterocycles. The van der Waals surface area contributed by atoms with Gasteiger partial charge in [0.15, 0.2) is 11.5 Å². The number of benzene rings is 1. The van der Waals surface area contributed by atoms with E-state index in [1.807, 2.05) is 26.0 Å². The molecule has 5 heteroatoms. The maximum atomic E-state index is 11.1. The van der Waals surface area contributed by atoms with Crippen LogP contribution in [0.4, 0.5) is 0 Å². The van der Waals surface area contributed by atoms with Crippen LogP contribution in [0.15, 0.2) is 42.7 Å². The quantitative estimate of drug-likeness (QED) is 0.915. The lowest BCUT2D eigenvalue weighted by atomic mass is 9.99. The van der Waals surface area contributed by atoms with Crippen molar-refractivity contribution in [3.63, 3.8) is 0 Å². The van der Waals surface area contributed by atoms with Crippen LogP contribution in [0.3, 0.4) is 0 Å². The number of aromatic nitrogens is 1. The number of carboxylic acid groups (broad SMARTS) is 1. The average molecular weight is 287 g/mol. The van der Waals surface area contributed by atoms with E-state index in [0.717, 1.165) is 5.56 Å². The predicted molar refractivity (Wildman–Crippen MR) is 77.8 cm³/mol. The molecular formula is C16H17NO4. The Labute approximate surface area is 123 Å². The number of pyridine rings is 1. The van der Waals surface area contributed by atoms with Crippen LogP contribution in [-0.2, 0) is 5.60 Å². The molecule has 0 saturated heterocycles. The Hall–Kier alpha value is -2.56. The third-order valence-electron chi connectivity index (χ3n) is 3.15. The summed E-state index contributed by atoms with van der Waals surface area (Å²) in [7, 11) is 1.52. The molecule has 0 unspecified atom stereocenters. The fourth-order valence-electron chi connectivity index (χ4n) is 1.98. The number of hydrogen-bond acceptors (Lipinski definition) is 4. The van der Waals surface area contributed by atoms with Crippen LogP contribution in [0.5, 0.6) is 11.5 Å². The fraction of sp³-hybridized carbons (Fsp3) is 0.250. The van der Waals surface area contributed by atoms with E-state index in [-0.39, 0.29) is 5.56 Å². The molecule has 110 valence electrons. The van der Waals surface area contributed by atoms with Crippen LogP contribution >= 0.6 is 0 Å². The number of methoxy groups -OCH3 is 1. The summed E-state index contributed by atoms with van der Waals surface area (Å²) < 4.78 is 11.2. The summed E-state index contributed by atoms with van der Waals surface area (Å²) in [5.41, 5.74) is 0.435. The summed E-state index contributed by atoms with van der Waals surface area (Å²) in [5.74, 6) is -0.134. The van der Waals surface area contributed by atoms with Crippen LogP contribution in [0.1, 0.15) is 29.8 Å². The molecule has 0 aliphatic rings. The number of ether oxygens (including phenoxy) is 2. The van der Waals surface area contributed by atoms with Crippen molar-refractivity contribution in [2.24, 2.45) is 0 Å². The molecule has 0 fully saturated rings. The van der Waals surface area contributed by atoms with Crippen molar-refractivity contribution in [2.75, 3.05) is 7.11 Å². The largest absolute Gasteiger partial charge is 0.493 e. The van der Waals surface area contributed by atoms with E-state index >= 15 is 0 Å². The minimum atomic E-state index is -1.01. The third kappa shape index (κ3) is 3.31. The molecule has 0 atom stereocenters. The van der Waals surface area contributed by atoms with E-state index in [0.29, 0.717) is 11.5 Å². The van der Waals surface area contributed by atoms with Crippen molar-refractivity contribution >= 4 is 5.97 Å². The fourth-order valence-corrected chi connectivity index (χ4v) is 1.98. The first-order chi connectivity index (χ1) is 9.94. The molecule has 5 nitrogen and oxygen atoms in total. The van der Waals surface area contributed by atoms with Crippen molar-refractivity contribution in [3.05, 3.63) is 53.9 Å². The van der Waals surface area contributed by atoms with Crippen molar-refractivity contribution in [1.82, 2.24) is 4.98 Å². The van der Waals surface area contributed by atoms with Gasteiger partial charge >= 0.3 is 5.97 Å². The van der Waals surface area contributed by atoms with Crippen molar-refractivity contribution in [1.29, 1.82) is 0 Å². The number of carbonyl (C=O) groups is 1. The van der Waals surface area contributed by atoms with Crippen LogP contribution in [0.25, 0.3) is 0 Å². The van der Waals surface area contributed by atoms with Gasteiger partial charge in [0.1, 0.15) is 5.60 Å². The Morgan fingerprint density at radius 2 is 1.81 bits per heavy atom. The molecule has 0 bridgehead atoms. The highest BCUT2D eigenvalue weighted by molar-refractivity contribution is 5.88. The second kappa shape index (κ2) is 5.83. The zero-order chi connectivity index (χ0) is 15.5. The molecule has 2 rings (SSSR count). The van der Waals surface area contributed by atoms with Gasteiger partial charge in [-0.1, -0.05) is 0 Å². The lowest BCUT2D eigenvalue weighted by Crippen LogP contribution is -2.25. The molecule has 1 heterocycles. The second-order valence-electron chi connectivity index (χ2n) is 5.02. The van der Waals surface area contributed by atoms with Crippen LogP contribution in [-0.4, -0.2) is 23.2 Å². The zero-order valence-corrected chi connectivity index (χ0v) is 12.2. The average Bonchev–Trinajstić information content (AvgIpc) is 2.47. The van der Waals surface area contributed by atoms with E-state index < -0.39 is 11.6 Å². The highest BCUT2D eigenvalue weighted by Gasteiger charge is 2.24. The van der Waals surface area contributed by atoms with Gasteiger partial charge in [0.25, 0.3) is 0 Å². The van der Waals surface area contributed by atoms with Gasteiger partial charge in [-0.3, -0.25) is 4.98 Å².